The minimum atomic E-state index is -4.55. The number of amides is 1. The molecule has 32 heavy (non-hydrogen) atoms. The lowest BCUT2D eigenvalue weighted by Crippen LogP contribution is -2.37. The first kappa shape index (κ1) is 21.3. The van der Waals surface area contributed by atoms with E-state index in [0.717, 1.165) is 4.57 Å². The number of H-pyrrole nitrogens is 1. The average molecular weight is 447 g/mol. The lowest BCUT2D eigenvalue weighted by molar-refractivity contribution is -0.138. The number of hydrogen-bond donors (Lipinski definition) is 3. The number of carbonyl (C=O) groups excluding carboxylic acids is 1. The number of anilines is 2. The fourth-order valence-corrected chi connectivity index (χ4v) is 3.46. The van der Waals surface area contributed by atoms with Crippen molar-refractivity contribution in [1.82, 2.24) is 20.1 Å². The highest BCUT2D eigenvalue weighted by atomic mass is 19.4. The first-order valence-corrected chi connectivity index (χ1v) is 9.49. The number of hydrogen-bond acceptors (Lipinski definition) is 4. The summed E-state index contributed by atoms with van der Waals surface area (Å²) in [6.45, 7) is -0.387. The monoisotopic (exact) mass is 447 g/mol. The molecule has 4 aromatic rings. The predicted molar refractivity (Wildman–Crippen MR) is 111 cm³/mol. The zero-order chi connectivity index (χ0) is 23.0. The van der Waals surface area contributed by atoms with Gasteiger partial charge in [0.25, 0.3) is 5.56 Å². The summed E-state index contributed by atoms with van der Waals surface area (Å²) in [5.74, 6) is -1.44. The van der Waals surface area contributed by atoms with E-state index < -0.39 is 36.5 Å². The molecule has 0 aliphatic rings. The van der Waals surface area contributed by atoms with E-state index in [1.807, 2.05) is 0 Å². The molecule has 0 spiro atoms. The molecular weight excluding hydrogens is 430 g/mol. The van der Waals surface area contributed by atoms with Gasteiger partial charge in [0.2, 0.25) is 5.91 Å². The first-order valence-electron chi connectivity index (χ1n) is 9.49. The van der Waals surface area contributed by atoms with Crippen LogP contribution >= 0.6 is 0 Å². The number of aromatic amines is 1. The van der Waals surface area contributed by atoms with Gasteiger partial charge in [-0.05, 0) is 36.6 Å². The molecule has 7 nitrogen and oxygen atoms in total. The van der Waals surface area contributed by atoms with Crippen molar-refractivity contribution in [3.8, 4) is 0 Å². The normalized spacial score (nSPS) is 11.8. The summed E-state index contributed by atoms with van der Waals surface area (Å²) in [6, 6.07) is 9.47. The van der Waals surface area contributed by atoms with Crippen LogP contribution in [0.2, 0.25) is 0 Å². The first-order chi connectivity index (χ1) is 15.1. The van der Waals surface area contributed by atoms with Crippen LogP contribution in [0.15, 0.2) is 47.4 Å². The van der Waals surface area contributed by atoms with Crippen LogP contribution in [0, 0.1) is 12.7 Å². The smallest absolute Gasteiger partial charge is 0.355 e. The van der Waals surface area contributed by atoms with E-state index in [9.17, 15) is 27.2 Å². The third kappa shape index (κ3) is 4.27. The number of pyridine rings is 1. The topological polar surface area (TPSA) is 91.8 Å². The van der Waals surface area contributed by atoms with Gasteiger partial charge in [-0.3, -0.25) is 14.7 Å². The molecule has 0 atom stereocenters. The van der Waals surface area contributed by atoms with Gasteiger partial charge in [0.1, 0.15) is 18.9 Å². The van der Waals surface area contributed by atoms with E-state index >= 15 is 0 Å². The van der Waals surface area contributed by atoms with Crippen LogP contribution in [-0.2, 0) is 11.3 Å². The Labute approximate surface area is 178 Å². The lowest BCUT2D eigenvalue weighted by Gasteiger charge is -2.13. The van der Waals surface area contributed by atoms with Crippen LogP contribution in [0.3, 0.4) is 0 Å². The number of carbonyl (C=O) groups is 1. The van der Waals surface area contributed by atoms with Crippen LogP contribution < -0.4 is 16.2 Å². The maximum atomic E-state index is 14.5. The zero-order valence-electron chi connectivity index (χ0n) is 16.7. The van der Waals surface area contributed by atoms with Crippen LogP contribution in [0.5, 0.6) is 0 Å². The number of rotatable bonds is 5. The molecule has 0 saturated carbocycles. The molecule has 0 aliphatic heterocycles. The third-order valence-corrected chi connectivity index (χ3v) is 4.88. The Morgan fingerprint density at radius 2 is 1.97 bits per heavy atom. The molecule has 0 fully saturated rings. The van der Waals surface area contributed by atoms with Crippen molar-refractivity contribution in [2.24, 2.45) is 0 Å². The molecule has 4 rings (SSSR count). The Morgan fingerprint density at radius 1 is 1.19 bits per heavy atom. The second-order valence-electron chi connectivity index (χ2n) is 7.23. The SMILES string of the molecule is Cc1n[nH]c2cc(Nc3cccc4ccn(CC(=O)NCC(F)(F)F)c(=O)c34)cc(F)c12. The third-order valence-electron chi connectivity index (χ3n) is 4.88. The molecule has 2 aromatic heterocycles. The fourth-order valence-electron chi connectivity index (χ4n) is 3.46. The molecule has 166 valence electrons. The highest BCUT2D eigenvalue weighted by molar-refractivity contribution is 5.96. The van der Waals surface area contributed by atoms with Gasteiger partial charge in [0.05, 0.1) is 27.7 Å². The molecular formula is C21H17F4N5O2. The Hall–Kier alpha value is -3.89. The molecule has 3 N–H and O–H groups in total. The van der Waals surface area contributed by atoms with Gasteiger partial charge in [-0.1, -0.05) is 12.1 Å². The van der Waals surface area contributed by atoms with E-state index in [-0.39, 0.29) is 5.39 Å². The zero-order valence-corrected chi connectivity index (χ0v) is 16.7. The van der Waals surface area contributed by atoms with Crippen molar-refractivity contribution >= 4 is 39.0 Å². The summed E-state index contributed by atoms with van der Waals surface area (Å²) >= 11 is 0. The van der Waals surface area contributed by atoms with Gasteiger partial charge >= 0.3 is 6.18 Å². The predicted octanol–water partition coefficient (Wildman–Crippen LogP) is 3.75. The van der Waals surface area contributed by atoms with Crippen LogP contribution in [0.1, 0.15) is 5.69 Å². The highest BCUT2D eigenvalue weighted by Gasteiger charge is 2.27. The van der Waals surface area contributed by atoms with Crippen molar-refractivity contribution in [3.05, 3.63) is 64.5 Å². The highest BCUT2D eigenvalue weighted by Crippen LogP contribution is 2.28. The minimum Gasteiger partial charge on any atom is -0.355 e. The number of halogens is 4. The number of benzene rings is 2. The van der Waals surface area contributed by atoms with Crippen molar-refractivity contribution in [2.75, 3.05) is 11.9 Å². The van der Waals surface area contributed by atoms with Gasteiger partial charge in [0, 0.05) is 11.9 Å². The Morgan fingerprint density at radius 3 is 2.72 bits per heavy atom. The molecule has 0 radical (unpaired) electrons. The molecule has 1 amide bonds. The largest absolute Gasteiger partial charge is 0.405 e. The van der Waals surface area contributed by atoms with E-state index in [2.05, 4.69) is 15.5 Å². The number of alkyl halides is 3. The summed E-state index contributed by atoms with van der Waals surface area (Å²) < 4.78 is 52.4. The van der Waals surface area contributed by atoms with Crippen LogP contribution in [0.25, 0.3) is 21.7 Å². The summed E-state index contributed by atoms with van der Waals surface area (Å²) in [6.07, 6.45) is -3.22. The fraction of sp³-hybridized carbons (Fsp3) is 0.190. The molecule has 11 heteroatoms. The molecule has 2 aromatic carbocycles. The lowest BCUT2D eigenvalue weighted by atomic mass is 10.1. The molecule has 0 saturated heterocycles. The maximum absolute atomic E-state index is 14.5. The van der Waals surface area contributed by atoms with Gasteiger partial charge < -0.3 is 15.2 Å². The minimum absolute atomic E-state index is 0.208. The second-order valence-corrected chi connectivity index (χ2v) is 7.23. The number of nitrogens with zero attached hydrogens (tertiary/aromatic N) is 2. The number of aryl methyl sites for hydroxylation is 1. The number of fused-ring (bicyclic) bond motifs is 2. The average Bonchev–Trinajstić information content (AvgIpc) is 3.09. The summed E-state index contributed by atoms with van der Waals surface area (Å²) in [7, 11) is 0. The quantitative estimate of drug-likeness (QED) is 0.407. The summed E-state index contributed by atoms with van der Waals surface area (Å²) in [5.41, 5.74) is 1.13. The Bertz CT molecular complexity index is 1390. The van der Waals surface area contributed by atoms with E-state index in [0.29, 0.717) is 33.4 Å². The van der Waals surface area contributed by atoms with Crippen molar-refractivity contribution in [3.63, 3.8) is 0 Å². The molecule has 0 aliphatic carbocycles. The number of nitrogens with one attached hydrogen (secondary N) is 3. The van der Waals surface area contributed by atoms with Crippen molar-refractivity contribution in [2.45, 2.75) is 19.6 Å². The summed E-state index contributed by atoms with van der Waals surface area (Å²) in [5, 5.41) is 12.6. The van der Waals surface area contributed by atoms with Gasteiger partial charge in [0.15, 0.2) is 0 Å². The number of aromatic nitrogens is 3. The van der Waals surface area contributed by atoms with Gasteiger partial charge in [-0.25, -0.2) is 4.39 Å². The maximum Gasteiger partial charge on any atom is 0.405 e. The van der Waals surface area contributed by atoms with Gasteiger partial charge in [-0.15, -0.1) is 0 Å². The molecule has 0 unspecified atom stereocenters. The Balaban J connectivity index is 1.68. The summed E-state index contributed by atoms with van der Waals surface area (Å²) in [4.78, 5) is 24.8. The van der Waals surface area contributed by atoms with Gasteiger partial charge in [-0.2, -0.15) is 18.3 Å². The Kier molecular flexibility index (Phi) is 5.33. The second kappa shape index (κ2) is 7.98. The van der Waals surface area contributed by atoms with Crippen LogP contribution in [0.4, 0.5) is 28.9 Å². The van der Waals surface area contributed by atoms with Crippen molar-refractivity contribution < 1.29 is 22.4 Å². The van der Waals surface area contributed by atoms with E-state index in [4.69, 9.17) is 0 Å². The van der Waals surface area contributed by atoms with Crippen LogP contribution in [-0.4, -0.2) is 33.4 Å². The van der Waals surface area contributed by atoms with E-state index in [1.165, 1.54) is 12.3 Å². The van der Waals surface area contributed by atoms with E-state index in [1.54, 1.807) is 42.6 Å². The van der Waals surface area contributed by atoms with Crippen molar-refractivity contribution in [1.29, 1.82) is 0 Å². The standard InChI is InChI=1S/C21H17F4N5O2/c1-11-18-14(22)7-13(8-16(18)29-28-11)27-15-4-2-3-12-5-6-30(20(32)19(12)15)9-17(31)26-10-21(23,24)25/h2-8,27H,9-10H2,1H3,(H,26,31)(H,28,29). The molecule has 2 heterocycles. The molecule has 0 bridgehead atoms.